The average molecular weight is 288 g/mol. The number of benzene rings is 1. The Balaban J connectivity index is 2.15. The van der Waals surface area contributed by atoms with E-state index in [1.54, 1.807) is 0 Å². The number of nitrogens with zero attached hydrogens (tertiary/aromatic N) is 3. The van der Waals surface area contributed by atoms with Gasteiger partial charge in [-0.25, -0.2) is 9.67 Å². The normalized spacial score (nSPS) is 14.1. The lowest BCUT2D eigenvalue weighted by atomic mass is 9.88. The molecule has 0 bridgehead atoms. The van der Waals surface area contributed by atoms with Crippen LogP contribution in [-0.2, 0) is 24.9 Å². The van der Waals surface area contributed by atoms with Crippen molar-refractivity contribution in [2.24, 2.45) is 5.73 Å². The predicted octanol–water partition coefficient (Wildman–Crippen LogP) is 1.64. The molecule has 1 aromatic heterocycles. The fourth-order valence-corrected chi connectivity index (χ4v) is 2.41. The van der Waals surface area contributed by atoms with Gasteiger partial charge in [-0.3, -0.25) is 0 Å². The van der Waals surface area contributed by atoms with Gasteiger partial charge >= 0.3 is 0 Å². The molecule has 5 nitrogen and oxygen atoms in total. The maximum Gasteiger partial charge on any atom is 0.150 e. The van der Waals surface area contributed by atoms with Crippen LogP contribution in [0.1, 0.15) is 37.5 Å². The molecule has 2 rings (SSSR count). The summed E-state index contributed by atoms with van der Waals surface area (Å²) in [6, 6.07) is 9.73. The zero-order chi connectivity index (χ0) is 15.3. The van der Waals surface area contributed by atoms with E-state index in [0.29, 0.717) is 13.0 Å². The maximum atomic E-state index is 9.72. The first-order valence-corrected chi connectivity index (χ1v) is 7.50. The summed E-state index contributed by atoms with van der Waals surface area (Å²) < 4.78 is 1.92. The van der Waals surface area contributed by atoms with Crippen molar-refractivity contribution in [3.63, 3.8) is 0 Å². The molecule has 1 heterocycles. The van der Waals surface area contributed by atoms with Crippen LogP contribution >= 0.6 is 0 Å². The number of hydrogen-bond acceptors (Lipinski definition) is 4. The smallest absolute Gasteiger partial charge is 0.150 e. The number of hydrogen-bond donors (Lipinski definition) is 2. The first kappa shape index (κ1) is 15.7. The van der Waals surface area contributed by atoms with Gasteiger partial charge in [0, 0.05) is 19.4 Å². The molecule has 3 N–H and O–H groups in total. The van der Waals surface area contributed by atoms with Crippen LogP contribution in [0.25, 0.3) is 0 Å². The van der Waals surface area contributed by atoms with Crippen LogP contribution in [0.15, 0.2) is 30.3 Å². The molecule has 0 amide bonds. The van der Waals surface area contributed by atoms with Gasteiger partial charge in [0.2, 0.25) is 0 Å². The molecule has 0 saturated carbocycles. The van der Waals surface area contributed by atoms with Gasteiger partial charge in [0.1, 0.15) is 5.82 Å². The first-order chi connectivity index (χ1) is 10.1. The van der Waals surface area contributed by atoms with Gasteiger partial charge in [0.05, 0.1) is 12.1 Å². The van der Waals surface area contributed by atoms with Gasteiger partial charge in [-0.1, -0.05) is 44.2 Å². The zero-order valence-electron chi connectivity index (χ0n) is 12.8. The van der Waals surface area contributed by atoms with Crippen LogP contribution in [0, 0.1) is 0 Å². The first-order valence-electron chi connectivity index (χ1n) is 7.50. The third-order valence-electron chi connectivity index (χ3n) is 3.83. The molecule has 21 heavy (non-hydrogen) atoms. The van der Waals surface area contributed by atoms with Crippen molar-refractivity contribution in [2.75, 3.05) is 6.61 Å². The number of aromatic nitrogens is 3. The van der Waals surface area contributed by atoms with Crippen LogP contribution in [0.2, 0.25) is 0 Å². The highest BCUT2D eigenvalue weighted by Crippen LogP contribution is 2.22. The standard InChI is InChI=1S/C16H24N4O/c1-3-14-18-15(4-2)20(19-14)11-10-16(17,12-21)13-8-6-5-7-9-13/h5-9,21H,3-4,10-12,17H2,1-2H3. The zero-order valence-corrected chi connectivity index (χ0v) is 12.8. The van der Waals surface area contributed by atoms with Crippen molar-refractivity contribution in [1.82, 2.24) is 14.8 Å². The summed E-state index contributed by atoms with van der Waals surface area (Å²) in [6.07, 6.45) is 2.29. The Morgan fingerprint density at radius 3 is 2.48 bits per heavy atom. The van der Waals surface area contributed by atoms with Crippen molar-refractivity contribution in [1.29, 1.82) is 0 Å². The Morgan fingerprint density at radius 1 is 1.19 bits per heavy atom. The van der Waals surface area contributed by atoms with Crippen LogP contribution in [0.4, 0.5) is 0 Å². The third-order valence-corrected chi connectivity index (χ3v) is 3.83. The molecule has 0 fully saturated rings. The third kappa shape index (κ3) is 3.49. The quantitative estimate of drug-likeness (QED) is 0.812. The molecule has 1 atom stereocenters. The highest BCUT2D eigenvalue weighted by Gasteiger charge is 2.26. The van der Waals surface area contributed by atoms with Crippen LogP contribution < -0.4 is 5.73 Å². The van der Waals surface area contributed by atoms with E-state index in [1.165, 1.54) is 0 Å². The SMILES string of the molecule is CCc1nc(CC)n(CCC(N)(CO)c2ccccc2)n1. The van der Waals surface area contributed by atoms with E-state index >= 15 is 0 Å². The molecule has 2 aromatic rings. The Morgan fingerprint density at radius 2 is 1.90 bits per heavy atom. The number of aryl methyl sites for hydroxylation is 3. The molecular formula is C16H24N4O. The lowest BCUT2D eigenvalue weighted by Gasteiger charge is -2.28. The van der Waals surface area contributed by atoms with E-state index in [0.717, 1.165) is 30.1 Å². The Bertz CT molecular complexity index is 567. The van der Waals surface area contributed by atoms with Crippen molar-refractivity contribution in [3.8, 4) is 0 Å². The maximum absolute atomic E-state index is 9.72. The number of aliphatic hydroxyl groups excluding tert-OH is 1. The second-order valence-electron chi connectivity index (χ2n) is 5.30. The molecule has 0 saturated heterocycles. The lowest BCUT2D eigenvalue weighted by Crippen LogP contribution is -2.41. The summed E-state index contributed by atoms with van der Waals surface area (Å²) in [5.74, 6) is 1.83. The summed E-state index contributed by atoms with van der Waals surface area (Å²) in [7, 11) is 0. The molecular weight excluding hydrogens is 264 g/mol. The van der Waals surface area contributed by atoms with E-state index < -0.39 is 5.54 Å². The highest BCUT2D eigenvalue weighted by atomic mass is 16.3. The summed E-state index contributed by atoms with van der Waals surface area (Å²) in [5.41, 5.74) is 6.59. The van der Waals surface area contributed by atoms with Gasteiger partial charge in [-0.05, 0) is 12.0 Å². The minimum Gasteiger partial charge on any atom is -0.394 e. The fourth-order valence-electron chi connectivity index (χ4n) is 2.41. The van der Waals surface area contributed by atoms with Crippen molar-refractivity contribution < 1.29 is 5.11 Å². The summed E-state index contributed by atoms with van der Waals surface area (Å²) in [5, 5.41) is 14.2. The fraction of sp³-hybridized carbons (Fsp3) is 0.500. The van der Waals surface area contributed by atoms with E-state index in [1.807, 2.05) is 41.9 Å². The molecule has 0 aliphatic carbocycles. The molecule has 5 heteroatoms. The molecule has 0 aliphatic heterocycles. The summed E-state index contributed by atoms with van der Waals surface area (Å²) in [4.78, 5) is 4.49. The van der Waals surface area contributed by atoms with Crippen molar-refractivity contribution in [3.05, 3.63) is 47.5 Å². The van der Waals surface area contributed by atoms with E-state index in [-0.39, 0.29) is 6.61 Å². The lowest BCUT2D eigenvalue weighted by molar-refractivity contribution is 0.180. The highest BCUT2D eigenvalue weighted by molar-refractivity contribution is 5.23. The Kier molecular flexibility index (Phi) is 5.09. The molecule has 114 valence electrons. The van der Waals surface area contributed by atoms with Crippen LogP contribution in [0.5, 0.6) is 0 Å². The van der Waals surface area contributed by atoms with Gasteiger partial charge in [0.25, 0.3) is 0 Å². The number of rotatable bonds is 7. The minimum absolute atomic E-state index is 0.0895. The average Bonchev–Trinajstić information content (AvgIpc) is 2.96. The molecule has 0 radical (unpaired) electrons. The van der Waals surface area contributed by atoms with Crippen molar-refractivity contribution >= 4 is 0 Å². The molecule has 1 aromatic carbocycles. The largest absolute Gasteiger partial charge is 0.394 e. The van der Waals surface area contributed by atoms with E-state index in [9.17, 15) is 5.11 Å². The Hall–Kier alpha value is -1.72. The van der Waals surface area contributed by atoms with Crippen LogP contribution in [-0.4, -0.2) is 26.5 Å². The summed E-state index contributed by atoms with van der Waals surface area (Å²) in [6.45, 7) is 4.68. The summed E-state index contributed by atoms with van der Waals surface area (Å²) >= 11 is 0. The molecule has 0 aliphatic rings. The minimum atomic E-state index is -0.745. The monoisotopic (exact) mass is 288 g/mol. The predicted molar refractivity (Wildman–Crippen MR) is 82.8 cm³/mol. The van der Waals surface area contributed by atoms with Gasteiger partial charge in [-0.15, -0.1) is 0 Å². The Labute approximate surface area is 125 Å². The second-order valence-corrected chi connectivity index (χ2v) is 5.30. The second kappa shape index (κ2) is 6.83. The number of nitrogens with two attached hydrogens (primary N) is 1. The van der Waals surface area contributed by atoms with E-state index in [4.69, 9.17) is 5.73 Å². The van der Waals surface area contributed by atoms with Gasteiger partial charge < -0.3 is 10.8 Å². The molecule has 0 spiro atoms. The topological polar surface area (TPSA) is 77.0 Å². The van der Waals surface area contributed by atoms with Gasteiger partial charge in [-0.2, -0.15) is 5.10 Å². The molecule has 1 unspecified atom stereocenters. The van der Waals surface area contributed by atoms with Gasteiger partial charge in [0.15, 0.2) is 5.82 Å². The van der Waals surface area contributed by atoms with Crippen molar-refractivity contribution in [2.45, 2.75) is 45.2 Å². The van der Waals surface area contributed by atoms with Crippen LogP contribution in [0.3, 0.4) is 0 Å². The number of aliphatic hydroxyl groups is 1. The van der Waals surface area contributed by atoms with E-state index in [2.05, 4.69) is 17.0 Å².